The normalized spacial score (nSPS) is 12.3. The van der Waals surface area contributed by atoms with Crippen molar-refractivity contribution >= 4 is 11.6 Å². The Balaban J connectivity index is 2.81. The Labute approximate surface area is 115 Å². The Morgan fingerprint density at radius 1 is 1.32 bits per heavy atom. The molecule has 0 aromatic heterocycles. The highest BCUT2D eigenvalue weighted by Gasteiger charge is 2.25. The molecular formula is C15H23NO3. The lowest BCUT2D eigenvalue weighted by Gasteiger charge is -2.25. The third-order valence-corrected chi connectivity index (χ3v) is 3.18. The molecular weight excluding hydrogens is 242 g/mol. The van der Waals surface area contributed by atoms with E-state index in [0.717, 1.165) is 11.4 Å². The lowest BCUT2D eigenvalue weighted by Crippen LogP contribution is -2.37. The number of aliphatic hydroxyl groups is 1. The molecule has 0 aliphatic carbocycles. The number of rotatable bonds is 6. The highest BCUT2D eigenvalue weighted by Crippen LogP contribution is 2.22. The first kappa shape index (κ1) is 15.5. The van der Waals surface area contributed by atoms with E-state index in [9.17, 15) is 9.90 Å². The van der Waals surface area contributed by atoms with E-state index in [0.29, 0.717) is 6.61 Å². The summed E-state index contributed by atoms with van der Waals surface area (Å²) < 4.78 is 5.36. The van der Waals surface area contributed by atoms with E-state index in [1.807, 2.05) is 45.0 Å². The van der Waals surface area contributed by atoms with E-state index in [-0.39, 0.29) is 24.3 Å². The average Bonchev–Trinajstić information content (AvgIpc) is 2.39. The van der Waals surface area contributed by atoms with Crippen LogP contribution in [-0.4, -0.2) is 31.3 Å². The molecule has 0 spiro atoms. The number of anilines is 1. The Bertz CT molecular complexity index is 400. The van der Waals surface area contributed by atoms with Gasteiger partial charge < -0.3 is 14.7 Å². The summed E-state index contributed by atoms with van der Waals surface area (Å²) in [6.45, 7) is 6.29. The molecule has 0 bridgehead atoms. The number of ether oxygens (including phenoxy) is 1. The summed E-state index contributed by atoms with van der Waals surface area (Å²) in [5, 5.41) is 9.31. The smallest absolute Gasteiger partial charge is 0.232 e. The first-order chi connectivity index (χ1) is 9.01. The van der Waals surface area contributed by atoms with Crippen molar-refractivity contribution in [3.8, 4) is 5.75 Å². The fraction of sp³-hybridized carbons (Fsp3) is 0.533. The molecule has 0 radical (unpaired) electrons. The van der Waals surface area contributed by atoms with Crippen LogP contribution in [0, 0.1) is 11.8 Å². The van der Waals surface area contributed by atoms with E-state index in [1.54, 1.807) is 11.9 Å². The van der Waals surface area contributed by atoms with Crippen molar-refractivity contribution in [2.24, 2.45) is 11.8 Å². The molecule has 4 nitrogen and oxygen atoms in total. The lowest BCUT2D eigenvalue weighted by atomic mass is 9.95. The maximum atomic E-state index is 12.3. The van der Waals surface area contributed by atoms with Crippen LogP contribution in [0.2, 0.25) is 0 Å². The molecule has 1 unspecified atom stereocenters. The number of aliphatic hydroxyl groups excluding tert-OH is 1. The van der Waals surface area contributed by atoms with Crippen LogP contribution in [0.25, 0.3) is 0 Å². The van der Waals surface area contributed by atoms with Crippen LogP contribution in [0.3, 0.4) is 0 Å². The van der Waals surface area contributed by atoms with E-state index < -0.39 is 0 Å². The van der Waals surface area contributed by atoms with Gasteiger partial charge in [0, 0.05) is 12.7 Å². The molecule has 106 valence electrons. The predicted octanol–water partition coefficient (Wildman–Crippen LogP) is 2.31. The largest absolute Gasteiger partial charge is 0.494 e. The zero-order chi connectivity index (χ0) is 14.4. The molecule has 1 atom stereocenters. The van der Waals surface area contributed by atoms with Gasteiger partial charge in [-0.05, 0) is 37.1 Å². The Hall–Kier alpha value is -1.55. The van der Waals surface area contributed by atoms with Gasteiger partial charge in [0.05, 0.1) is 19.1 Å². The van der Waals surface area contributed by atoms with Crippen molar-refractivity contribution in [1.29, 1.82) is 0 Å². The summed E-state index contributed by atoms with van der Waals surface area (Å²) in [4.78, 5) is 13.8. The molecule has 4 heteroatoms. The quantitative estimate of drug-likeness (QED) is 0.858. The van der Waals surface area contributed by atoms with Crippen LogP contribution < -0.4 is 9.64 Å². The number of hydrogen-bond donors (Lipinski definition) is 1. The highest BCUT2D eigenvalue weighted by molar-refractivity contribution is 5.94. The van der Waals surface area contributed by atoms with Gasteiger partial charge >= 0.3 is 0 Å². The Morgan fingerprint density at radius 2 is 1.89 bits per heavy atom. The molecule has 0 aliphatic rings. The molecule has 1 aromatic rings. The summed E-state index contributed by atoms with van der Waals surface area (Å²) in [5.41, 5.74) is 0.799. The molecule has 1 aromatic carbocycles. The predicted molar refractivity (Wildman–Crippen MR) is 76.4 cm³/mol. The first-order valence-corrected chi connectivity index (χ1v) is 6.62. The zero-order valence-corrected chi connectivity index (χ0v) is 12.1. The number of benzene rings is 1. The van der Waals surface area contributed by atoms with Crippen molar-refractivity contribution in [3.05, 3.63) is 24.3 Å². The standard InChI is InChI=1S/C15H23NO3/c1-5-19-13-8-6-12(7-9-13)16(4)15(18)14(10-17)11(2)3/h6-9,11,14,17H,5,10H2,1-4H3. The SMILES string of the molecule is CCOc1ccc(N(C)C(=O)C(CO)C(C)C)cc1. The summed E-state index contributed by atoms with van der Waals surface area (Å²) in [5.74, 6) is 0.468. The van der Waals surface area contributed by atoms with Crippen molar-refractivity contribution in [3.63, 3.8) is 0 Å². The van der Waals surface area contributed by atoms with Crippen LogP contribution in [0.4, 0.5) is 5.69 Å². The summed E-state index contributed by atoms with van der Waals surface area (Å²) >= 11 is 0. The third kappa shape index (κ3) is 3.96. The highest BCUT2D eigenvalue weighted by atomic mass is 16.5. The number of amides is 1. The topological polar surface area (TPSA) is 49.8 Å². The first-order valence-electron chi connectivity index (χ1n) is 6.62. The van der Waals surface area contributed by atoms with Gasteiger partial charge in [-0.25, -0.2) is 0 Å². The van der Waals surface area contributed by atoms with Gasteiger partial charge in [-0.2, -0.15) is 0 Å². The van der Waals surface area contributed by atoms with E-state index in [1.165, 1.54) is 0 Å². The van der Waals surface area contributed by atoms with Crippen molar-refractivity contribution in [1.82, 2.24) is 0 Å². The van der Waals surface area contributed by atoms with Gasteiger partial charge in [0.15, 0.2) is 0 Å². The van der Waals surface area contributed by atoms with Gasteiger partial charge in [-0.15, -0.1) is 0 Å². The molecule has 1 rings (SSSR count). The minimum Gasteiger partial charge on any atom is -0.494 e. The number of carbonyl (C=O) groups is 1. The second kappa shape index (κ2) is 7.14. The van der Waals surface area contributed by atoms with E-state index in [2.05, 4.69) is 0 Å². The maximum absolute atomic E-state index is 12.3. The second-order valence-electron chi connectivity index (χ2n) is 4.86. The zero-order valence-electron chi connectivity index (χ0n) is 12.1. The second-order valence-corrected chi connectivity index (χ2v) is 4.86. The minimum atomic E-state index is -0.364. The average molecular weight is 265 g/mol. The molecule has 0 fully saturated rings. The van der Waals surface area contributed by atoms with Gasteiger partial charge in [-0.3, -0.25) is 4.79 Å². The molecule has 0 heterocycles. The van der Waals surface area contributed by atoms with E-state index >= 15 is 0 Å². The Kier molecular flexibility index (Phi) is 5.83. The summed E-state index contributed by atoms with van der Waals surface area (Å²) in [6.07, 6.45) is 0. The minimum absolute atomic E-state index is 0.0679. The summed E-state index contributed by atoms with van der Waals surface area (Å²) in [7, 11) is 1.73. The van der Waals surface area contributed by atoms with Crippen molar-refractivity contribution < 1.29 is 14.6 Å². The number of hydrogen-bond acceptors (Lipinski definition) is 3. The van der Waals surface area contributed by atoms with Crippen LogP contribution in [-0.2, 0) is 4.79 Å². The fourth-order valence-corrected chi connectivity index (χ4v) is 1.88. The van der Waals surface area contributed by atoms with Crippen molar-refractivity contribution in [2.45, 2.75) is 20.8 Å². The van der Waals surface area contributed by atoms with Crippen LogP contribution in [0.5, 0.6) is 5.75 Å². The number of carbonyl (C=O) groups excluding carboxylic acids is 1. The monoisotopic (exact) mass is 265 g/mol. The summed E-state index contributed by atoms with van der Waals surface area (Å²) in [6, 6.07) is 7.37. The number of nitrogens with zero attached hydrogens (tertiary/aromatic N) is 1. The van der Waals surface area contributed by atoms with Gasteiger partial charge in [0.2, 0.25) is 5.91 Å². The van der Waals surface area contributed by atoms with Gasteiger partial charge in [0.25, 0.3) is 0 Å². The third-order valence-electron chi connectivity index (χ3n) is 3.18. The molecule has 0 saturated carbocycles. The molecule has 19 heavy (non-hydrogen) atoms. The van der Waals surface area contributed by atoms with Crippen LogP contribution in [0.15, 0.2) is 24.3 Å². The molecule has 0 aliphatic heterocycles. The molecule has 1 N–H and O–H groups in total. The lowest BCUT2D eigenvalue weighted by molar-refractivity contribution is -0.124. The van der Waals surface area contributed by atoms with Crippen LogP contribution >= 0.6 is 0 Å². The van der Waals surface area contributed by atoms with Gasteiger partial charge in [-0.1, -0.05) is 13.8 Å². The van der Waals surface area contributed by atoms with Gasteiger partial charge in [0.1, 0.15) is 5.75 Å². The molecule has 1 amide bonds. The van der Waals surface area contributed by atoms with Crippen molar-refractivity contribution in [2.75, 3.05) is 25.2 Å². The maximum Gasteiger partial charge on any atom is 0.232 e. The Morgan fingerprint density at radius 3 is 2.32 bits per heavy atom. The van der Waals surface area contributed by atoms with Crippen LogP contribution in [0.1, 0.15) is 20.8 Å². The molecule has 0 saturated heterocycles. The van der Waals surface area contributed by atoms with E-state index in [4.69, 9.17) is 4.74 Å². The fourth-order valence-electron chi connectivity index (χ4n) is 1.88.